The molecular weight excluding hydrogens is 1400 g/mol. The van der Waals surface area contributed by atoms with Crippen LogP contribution in [-0.4, -0.2) is 201 Å². The lowest BCUT2D eigenvalue weighted by Crippen LogP contribution is -2.43. The highest BCUT2D eigenvalue weighted by atomic mass is 31.2. The van der Waals surface area contributed by atoms with Crippen molar-refractivity contribution in [2.75, 3.05) is 69.3 Å². The highest BCUT2D eigenvalue weighted by molar-refractivity contribution is 7.60. The van der Waals surface area contributed by atoms with Crippen molar-refractivity contribution < 1.29 is 80.4 Å². The Labute approximate surface area is 585 Å². The minimum Gasteiger partial charge on any atom is -0.465 e. The van der Waals surface area contributed by atoms with Gasteiger partial charge in [-0.1, -0.05) is 0 Å². The molecule has 6 heterocycles. The van der Waals surface area contributed by atoms with Gasteiger partial charge in [0.1, 0.15) is 61.1 Å². The number of carbonyl (C=O) groups is 6. The third kappa shape index (κ3) is 26.3. The minimum atomic E-state index is -3.62. The average Bonchev–Trinajstić information content (AvgIpc) is 1.67. The SMILES string of the molecule is CC(=O)[C@@H](C)NP(=O)(COCCn1cnc2c(=O)[nH]c(N)nc21)N[C@H](C)C(=O)OC(C)C.CCOC(=O)[C@@H](C)NP(=O)(COCCn1cnc2c(=O)[nH]c(N)nc21)N[C@@H](C)C(=O)OC(C)C.CCOC(=O)[C@@H](C)NP(=O)(COCCn1cnc2c(=O)[nH]c(N)nc21)N[C@H](C)C(=O)OC1CCCC1. The van der Waals surface area contributed by atoms with Crippen LogP contribution in [-0.2, 0) is 100.0 Å². The van der Waals surface area contributed by atoms with Crippen LogP contribution >= 0.6 is 22.3 Å². The molecule has 0 aliphatic heterocycles. The number of anilines is 3. The molecule has 1 saturated carbocycles. The molecule has 0 bridgehead atoms. The Morgan fingerprint density at radius 1 is 0.480 bits per heavy atom. The second-order valence-electron chi connectivity index (χ2n) is 24.0. The number of fused-ring (bicyclic) bond motifs is 3. The smallest absolute Gasteiger partial charge is 0.323 e. The van der Waals surface area contributed by atoms with Crippen LogP contribution in [0.5, 0.6) is 0 Å². The summed E-state index contributed by atoms with van der Waals surface area (Å²) in [5.41, 5.74) is 16.7. The maximum absolute atomic E-state index is 13.7. The summed E-state index contributed by atoms with van der Waals surface area (Å²) in [6.07, 6.45) is 6.11. The number of esters is 5. The van der Waals surface area contributed by atoms with Gasteiger partial charge < -0.3 is 68.8 Å². The molecule has 6 aromatic heterocycles. The Morgan fingerprint density at radius 3 is 1.05 bits per heavy atom. The third-order valence-electron chi connectivity index (χ3n) is 14.4. The predicted octanol–water partition coefficient (Wildman–Crippen LogP) is 1.58. The maximum atomic E-state index is 13.7. The second-order valence-corrected chi connectivity index (χ2v) is 30.8. The lowest BCUT2D eigenvalue weighted by atomic mass is 10.3. The molecule has 1 aliphatic rings. The fraction of sp³-hybridized carbons (Fsp3) is 0.638. The molecule has 0 spiro atoms. The molecule has 0 aromatic carbocycles. The summed E-state index contributed by atoms with van der Waals surface area (Å²) in [6, 6.07) is -5.29. The molecule has 3 unspecified atom stereocenters. The van der Waals surface area contributed by atoms with Gasteiger partial charge >= 0.3 is 29.8 Å². The summed E-state index contributed by atoms with van der Waals surface area (Å²) >= 11 is 0. The number of nitrogens with one attached hydrogen (secondary N) is 9. The van der Waals surface area contributed by atoms with Gasteiger partial charge in [0.15, 0.2) is 33.5 Å². The molecule has 9 atom stereocenters. The van der Waals surface area contributed by atoms with Crippen LogP contribution in [0.2, 0.25) is 0 Å². The van der Waals surface area contributed by atoms with Gasteiger partial charge in [0.2, 0.25) is 40.2 Å². The number of imidazole rings is 3. The zero-order valence-corrected chi connectivity index (χ0v) is 62.0. The first-order valence-corrected chi connectivity index (χ1v) is 38.4. The molecule has 44 heteroatoms. The van der Waals surface area contributed by atoms with Gasteiger partial charge in [-0.05, 0) is 116 Å². The van der Waals surface area contributed by atoms with Crippen molar-refractivity contribution in [3.8, 4) is 0 Å². The molecule has 0 radical (unpaired) electrons. The summed E-state index contributed by atoms with van der Waals surface area (Å²) < 4.78 is 87.9. The Bertz CT molecular complexity index is 4150. The van der Waals surface area contributed by atoms with Crippen molar-refractivity contribution in [3.63, 3.8) is 0 Å². The monoisotopic (exact) mass is 1500 g/mol. The lowest BCUT2D eigenvalue weighted by Gasteiger charge is -2.26. The van der Waals surface area contributed by atoms with E-state index in [1.54, 1.807) is 69.1 Å². The standard InChI is InChI=1S/C21H34N7O7P.C19H32N7O7P.C18H30N7O6P/c1-4-34-19(30)13(2)26-36(32,27-14(3)20(31)35-15-7-5-6-8-15)12-33-10-9-28-11-23-16-17(28)24-21(22)25-18(16)29;1-6-32-17(28)12(4)24-34(30,25-13(5)18(29)33-11(2)3)10-31-8-7-26-9-21-14-15(26)22-19(20)23-16(14)27;1-10(2)31-17(28)12(4)24-32(29,23-11(3)13(5)26)9-30-7-6-25-8-20-14-15(25)21-18(19)22-16(14)27/h11,13-15H,4-10,12H2,1-3H3,(H2,26,27,32)(H3,22,24,25,29);9,11-13H,6-8,10H2,1-5H3,(H2,24,25,30)(H3,20,22,23,27);8,10-12H,6-7,9H2,1-5H3,(H2,23,24,29)(H3,19,21,22,27)/t13-,14-,36?;12-,13+,34?;11-,12-,32?/m111/s1. The van der Waals surface area contributed by atoms with E-state index in [9.17, 15) is 56.8 Å². The average molecular weight is 1500 g/mol. The van der Waals surface area contributed by atoms with E-state index in [2.05, 4.69) is 75.4 Å². The summed E-state index contributed by atoms with van der Waals surface area (Å²) in [7, 11) is -10.7. The number of hydrogen-bond acceptors (Lipinski definition) is 29. The highest BCUT2D eigenvalue weighted by Crippen LogP contribution is 2.40. The summed E-state index contributed by atoms with van der Waals surface area (Å²) in [5.74, 6) is -3.22. The topological polar surface area (TPSA) is 568 Å². The number of rotatable bonds is 38. The molecule has 41 nitrogen and oxygen atoms in total. The van der Waals surface area contributed by atoms with E-state index in [1.165, 1.54) is 53.6 Å². The van der Waals surface area contributed by atoms with Crippen LogP contribution in [0.15, 0.2) is 33.4 Å². The number of carbonyl (C=O) groups excluding carboxylic acids is 6. The number of aromatic amines is 3. The van der Waals surface area contributed by atoms with E-state index in [1.807, 2.05) is 0 Å². The molecular formula is C58H96N21O20P3. The Kier molecular flexibility index (Phi) is 32.7. The summed E-state index contributed by atoms with van der Waals surface area (Å²) in [4.78, 5) is 140. The van der Waals surface area contributed by atoms with Gasteiger partial charge in [-0.25, -0.2) is 45.5 Å². The number of hydrogen-bond donors (Lipinski definition) is 12. The predicted molar refractivity (Wildman–Crippen MR) is 373 cm³/mol. The van der Waals surface area contributed by atoms with Crippen LogP contribution in [0.1, 0.15) is 116 Å². The molecule has 6 aromatic rings. The zero-order valence-electron chi connectivity index (χ0n) is 59.3. The number of nitrogen functional groups attached to an aromatic ring is 3. The minimum absolute atomic E-state index is 0.0384. The quantitative estimate of drug-likeness (QED) is 0.0113. The van der Waals surface area contributed by atoms with Crippen LogP contribution < -0.4 is 64.4 Å². The number of nitrogens with zero attached hydrogens (tertiary/aromatic N) is 9. The zero-order chi connectivity index (χ0) is 75.8. The fourth-order valence-corrected chi connectivity index (χ4v) is 15.8. The van der Waals surface area contributed by atoms with Crippen molar-refractivity contribution >= 4 is 109 Å². The van der Waals surface area contributed by atoms with E-state index < -0.39 is 105 Å². The number of H-pyrrole nitrogens is 3. The van der Waals surface area contributed by atoms with Gasteiger partial charge in [0, 0.05) is 19.6 Å². The van der Waals surface area contributed by atoms with Gasteiger partial charge in [-0.3, -0.25) is 71.8 Å². The largest absolute Gasteiger partial charge is 0.465 e. The molecule has 102 heavy (non-hydrogen) atoms. The number of Topliss-reactive ketones (excluding diaryl/α,β-unsaturated/α-hetero) is 1. The van der Waals surface area contributed by atoms with E-state index in [-0.39, 0.29) is 136 Å². The van der Waals surface area contributed by atoms with Gasteiger partial charge in [-0.2, -0.15) is 15.0 Å². The molecule has 1 aliphatic carbocycles. The second kappa shape index (κ2) is 39.4. The highest BCUT2D eigenvalue weighted by Gasteiger charge is 2.36. The van der Waals surface area contributed by atoms with Crippen molar-refractivity contribution in [1.82, 2.24) is 89.1 Å². The van der Waals surface area contributed by atoms with Crippen molar-refractivity contribution in [3.05, 3.63) is 50.0 Å². The van der Waals surface area contributed by atoms with Gasteiger partial charge in [0.05, 0.1) is 70.3 Å². The van der Waals surface area contributed by atoms with E-state index >= 15 is 0 Å². The van der Waals surface area contributed by atoms with Crippen molar-refractivity contribution in [1.29, 1.82) is 0 Å². The van der Waals surface area contributed by atoms with Crippen LogP contribution in [0, 0.1) is 0 Å². The normalized spacial score (nSPS) is 16.1. The van der Waals surface area contributed by atoms with Crippen molar-refractivity contribution in [2.45, 2.75) is 190 Å². The maximum Gasteiger partial charge on any atom is 0.323 e. The van der Waals surface area contributed by atoms with E-state index in [0.29, 0.717) is 11.3 Å². The molecule has 1 fully saturated rings. The number of ketones is 1. The third-order valence-corrected chi connectivity index (χ3v) is 20.8. The molecule has 568 valence electrons. The van der Waals surface area contributed by atoms with Crippen LogP contribution in [0.25, 0.3) is 33.5 Å². The Hall–Kier alpha value is -8.20. The summed E-state index contributed by atoms with van der Waals surface area (Å²) in [5, 5.41) is 16.4. The first-order chi connectivity index (χ1) is 48.0. The number of aromatic nitrogens is 12. The molecule has 0 saturated heterocycles. The number of nitrogens with two attached hydrogens (primary N) is 3. The van der Waals surface area contributed by atoms with E-state index in [4.69, 9.17) is 55.1 Å². The molecule has 15 N–H and O–H groups in total. The Morgan fingerprint density at radius 2 is 0.765 bits per heavy atom. The number of ether oxygens (including phenoxy) is 8. The fourth-order valence-electron chi connectivity index (χ4n) is 9.51. The van der Waals surface area contributed by atoms with E-state index in [0.717, 1.165) is 25.7 Å². The van der Waals surface area contributed by atoms with Crippen molar-refractivity contribution in [2.24, 2.45) is 0 Å². The summed E-state index contributed by atoms with van der Waals surface area (Å²) in [6.45, 7) is 21.9. The van der Waals surface area contributed by atoms with Gasteiger partial charge in [-0.15, -0.1) is 0 Å². The first kappa shape index (κ1) is 84.5. The lowest BCUT2D eigenvalue weighted by molar-refractivity contribution is -0.150. The van der Waals surface area contributed by atoms with Crippen LogP contribution in [0.3, 0.4) is 0 Å². The Balaban J connectivity index is 0.000000276. The first-order valence-electron chi connectivity index (χ1n) is 32.7. The molecule has 0 amide bonds. The molecule has 7 rings (SSSR count). The van der Waals surface area contributed by atoms with Crippen LogP contribution in [0.4, 0.5) is 17.8 Å². The van der Waals surface area contributed by atoms with Gasteiger partial charge in [0.25, 0.3) is 16.7 Å².